The quantitative estimate of drug-likeness (QED) is 0.252. The Kier molecular flexibility index (Phi) is 7.99. The SMILES string of the molecule is COC(=O)C[C@H](NC(=O)c1cc(-c2ccc(/C=C3\SC(=S)N(C4CC5CCC4C5)C3=O)o2)ccc1OC)C(=O)O. The van der Waals surface area contributed by atoms with E-state index in [4.69, 9.17) is 21.4 Å². The van der Waals surface area contributed by atoms with E-state index in [2.05, 4.69) is 10.1 Å². The van der Waals surface area contributed by atoms with Crippen LogP contribution >= 0.6 is 24.0 Å². The molecule has 40 heavy (non-hydrogen) atoms. The van der Waals surface area contributed by atoms with Crippen molar-refractivity contribution in [1.29, 1.82) is 0 Å². The molecule has 10 nitrogen and oxygen atoms in total. The van der Waals surface area contributed by atoms with E-state index in [1.165, 1.54) is 37.8 Å². The molecule has 2 N–H and O–H groups in total. The third-order valence-corrected chi connectivity index (χ3v) is 9.02. The predicted molar refractivity (Wildman–Crippen MR) is 150 cm³/mol. The van der Waals surface area contributed by atoms with E-state index >= 15 is 0 Å². The molecule has 1 aromatic heterocycles. The molecule has 5 rings (SSSR count). The Morgan fingerprint density at radius 3 is 2.67 bits per heavy atom. The first-order valence-electron chi connectivity index (χ1n) is 12.8. The number of hydrogen-bond donors (Lipinski definition) is 2. The fourth-order valence-corrected chi connectivity index (χ4v) is 7.09. The topological polar surface area (TPSA) is 135 Å². The lowest BCUT2D eigenvalue weighted by molar-refractivity contribution is -0.147. The van der Waals surface area contributed by atoms with Crippen LogP contribution in [0, 0.1) is 11.8 Å². The molecule has 3 aliphatic rings. The van der Waals surface area contributed by atoms with Crippen LogP contribution in [0.15, 0.2) is 39.7 Å². The molecule has 0 radical (unpaired) electrons. The van der Waals surface area contributed by atoms with Crippen molar-refractivity contribution in [2.45, 2.75) is 44.2 Å². The van der Waals surface area contributed by atoms with E-state index in [1.54, 1.807) is 35.2 Å². The highest BCUT2D eigenvalue weighted by atomic mass is 32.2. The van der Waals surface area contributed by atoms with E-state index < -0.39 is 30.3 Å². The monoisotopic (exact) mass is 584 g/mol. The highest BCUT2D eigenvalue weighted by Gasteiger charge is 2.48. The van der Waals surface area contributed by atoms with Crippen LogP contribution in [0.25, 0.3) is 17.4 Å². The Hall–Kier alpha value is -3.64. The number of nitrogens with one attached hydrogen (secondary N) is 1. The van der Waals surface area contributed by atoms with Gasteiger partial charge in [-0.1, -0.05) is 30.4 Å². The zero-order valence-electron chi connectivity index (χ0n) is 21.9. The molecular weight excluding hydrogens is 556 g/mol. The normalized spacial score (nSPS) is 23.5. The maximum absolute atomic E-state index is 13.3. The lowest BCUT2D eigenvalue weighted by Gasteiger charge is -2.30. The molecule has 1 saturated heterocycles. The average molecular weight is 585 g/mol. The van der Waals surface area contributed by atoms with E-state index in [0.717, 1.165) is 20.0 Å². The number of carboxylic acids is 1. The minimum Gasteiger partial charge on any atom is -0.496 e. The smallest absolute Gasteiger partial charge is 0.326 e. The largest absolute Gasteiger partial charge is 0.496 e. The summed E-state index contributed by atoms with van der Waals surface area (Å²) in [5.41, 5.74) is 0.584. The predicted octanol–water partition coefficient (Wildman–Crippen LogP) is 4.09. The van der Waals surface area contributed by atoms with Gasteiger partial charge in [0.1, 0.15) is 27.6 Å². The van der Waals surface area contributed by atoms with Gasteiger partial charge in [0.05, 0.1) is 31.1 Å². The Morgan fingerprint density at radius 2 is 2.02 bits per heavy atom. The minimum absolute atomic E-state index is 0.0563. The molecule has 210 valence electrons. The molecule has 3 unspecified atom stereocenters. The van der Waals surface area contributed by atoms with Crippen molar-refractivity contribution in [1.82, 2.24) is 10.2 Å². The third kappa shape index (κ3) is 5.50. The molecule has 12 heteroatoms. The molecule has 2 heterocycles. The zero-order valence-corrected chi connectivity index (χ0v) is 23.5. The number of carboxylic acid groups (broad SMARTS) is 1. The number of carbonyl (C=O) groups excluding carboxylic acids is 3. The number of methoxy groups -OCH3 is 2. The number of rotatable bonds is 9. The first kappa shape index (κ1) is 27.9. The number of amides is 2. The first-order chi connectivity index (χ1) is 19.2. The van der Waals surface area contributed by atoms with Crippen LogP contribution in [-0.2, 0) is 19.1 Å². The van der Waals surface area contributed by atoms with Gasteiger partial charge in [-0.25, -0.2) is 4.79 Å². The molecule has 1 aliphatic heterocycles. The second-order valence-corrected chi connectivity index (χ2v) is 11.7. The summed E-state index contributed by atoms with van der Waals surface area (Å²) in [6.45, 7) is 0. The number of aliphatic carboxylic acids is 1. The molecule has 4 atom stereocenters. The molecule has 2 saturated carbocycles. The summed E-state index contributed by atoms with van der Waals surface area (Å²) in [4.78, 5) is 51.7. The van der Waals surface area contributed by atoms with Crippen molar-refractivity contribution in [3.63, 3.8) is 0 Å². The summed E-state index contributed by atoms with van der Waals surface area (Å²) >= 11 is 6.85. The summed E-state index contributed by atoms with van der Waals surface area (Å²) in [6.07, 6.45) is 5.72. The Labute approximate surface area is 240 Å². The van der Waals surface area contributed by atoms with Gasteiger partial charge in [0.2, 0.25) is 0 Å². The summed E-state index contributed by atoms with van der Waals surface area (Å²) in [6, 6.07) is 6.88. The number of furan rings is 1. The van der Waals surface area contributed by atoms with Gasteiger partial charge in [-0.2, -0.15) is 0 Å². The van der Waals surface area contributed by atoms with E-state index in [9.17, 15) is 24.3 Å². The van der Waals surface area contributed by atoms with Crippen LogP contribution < -0.4 is 10.1 Å². The molecule has 2 amide bonds. The van der Waals surface area contributed by atoms with Gasteiger partial charge < -0.3 is 24.3 Å². The number of nitrogens with zero attached hydrogens (tertiary/aromatic N) is 1. The van der Waals surface area contributed by atoms with Crippen molar-refractivity contribution >= 4 is 58.1 Å². The van der Waals surface area contributed by atoms with E-state index in [1.807, 2.05) is 0 Å². The Morgan fingerprint density at radius 1 is 1.23 bits per heavy atom. The Balaban J connectivity index is 1.34. The van der Waals surface area contributed by atoms with Crippen LogP contribution in [0.3, 0.4) is 0 Å². The third-order valence-electron chi connectivity index (χ3n) is 7.69. The van der Waals surface area contributed by atoms with E-state index in [0.29, 0.717) is 38.1 Å². The van der Waals surface area contributed by atoms with Crippen molar-refractivity contribution in [2.75, 3.05) is 14.2 Å². The van der Waals surface area contributed by atoms with Crippen molar-refractivity contribution in [2.24, 2.45) is 11.8 Å². The van der Waals surface area contributed by atoms with Crippen molar-refractivity contribution in [3.8, 4) is 17.1 Å². The summed E-state index contributed by atoms with van der Waals surface area (Å²) in [7, 11) is 2.51. The number of carbonyl (C=O) groups is 4. The van der Waals surface area contributed by atoms with Crippen LogP contribution in [0.4, 0.5) is 0 Å². The number of thioether (sulfide) groups is 1. The van der Waals surface area contributed by atoms with Gasteiger partial charge >= 0.3 is 11.9 Å². The molecule has 1 aromatic carbocycles. The maximum atomic E-state index is 13.3. The number of hydrogen-bond acceptors (Lipinski definition) is 9. The van der Waals surface area contributed by atoms with Crippen LogP contribution in [0.5, 0.6) is 5.75 Å². The van der Waals surface area contributed by atoms with E-state index in [-0.39, 0.29) is 23.3 Å². The molecular formula is C28H28N2O8S2. The molecule has 0 spiro atoms. The molecule has 3 fully saturated rings. The molecule has 2 aromatic rings. The standard InChI is InChI=1S/C28H28N2O8S2/c1-36-22-7-5-16(11-18(22)25(32)29-19(27(34)35)13-24(31)37-2)21-8-6-17(38-21)12-23-26(33)30(28(39)40-23)20-10-14-3-4-15(20)9-14/h5-8,11-12,14-15,19-20H,3-4,9-10,13H2,1-2H3,(H,29,32)(H,34,35)/b23-12-/t14?,15?,19-,20?/m0/s1. The average Bonchev–Trinajstić information content (AvgIpc) is 3.73. The Bertz CT molecular complexity index is 1420. The lowest BCUT2D eigenvalue weighted by Crippen LogP contribution is -2.42. The molecule has 2 aliphatic carbocycles. The van der Waals surface area contributed by atoms with Gasteiger partial charge in [-0.3, -0.25) is 19.3 Å². The zero-order chi connectivity index (χ0) is 28.6. The van der Waals surface area contributed by atoms with Gasteiger partial charge in [0, 0.05) is 17.7 Å². The highest BCUT2D eigenvalue weighted by molar-refractivity contribution is 8.26. The number of ether oxygens (including phenoxy) is 2. The first-order valence-corrected chi connectivity index (χ1v) is 14.1. The summed E-state index contributed by atoms with van der Waals surface area (Å²) < 4.78 is 16.4. The number of benzene rings is 1. The van der Waals surface area contributed by atoms with Gasteiger partial charge in [0.15, 0.2) is 0 Å². The summed E-state index contributed by atoms with van der Waals surface area (Å²) in [5.74, 6) is -0.686. The van der Waals surface area contributed by atoms with Gasteiger partial charge in [-0.05, 0) is 61.4 Å². The van der Waals surface area contributed by atoms with Crippen molar-refractivity contribution in [3.05, 3.63) is 46.6 Å². The second kappa shape index (κ2) is 11.5. The summed E-state index contributed by atoms with van der Waals surface area (Å²) in [5, 5.41) is 11.8. The van der Waals surface area contributed by atoms with Gasteiger partial charge in [0.25, 0.3) is 11.8 Å². The number of thiocarbonyl (C=S) groups is 1. The lowest BCUT2D eigenvalue weighted by atomic mass is 9.94. The fraction of sp³-hybridized carbons (Fsp3) is 0.393. The number of esters is 1. The second-order valence-electron chi connectivity index (χ2n) is 10.1. The van der Waals surface area contributed by atoms with Crippen LogP contribution in [0.1, 0.15) is 48.2 Å². The number of fused-ring (bicyclic) bond motifs is 2. The highest BCUT2D eigenvalue weighted by Crippen LogP contribution is 2.49. The minimum atomic E-state index is -1.48. The van der Waals surface area contributed by atoms with Crippen molar-refractivity contribution < 1.29 is 38.2 Å². The van der Waals surface area contributed by atoms with Crippen LogP contribution in [0.2, 0.25) is 0 Å². The van der Waals surface area contributed by atoms with Crippen LogP contribution in [-0.4, -0.2) is 64.4 Å². The van der Waals surface area contributed by atoms with Gasteiger partial charge in [-0.15, -0.1) is 0 Å². The fourth-order valence-electron chi connectivity index (χ4n) is 5.73. The molecule has 2 bridgehead atoms. The maximum Gasteiger partial charge on any atom is 0.326 e.